The first-order chi connectivity index (χ1) is 11.3. The predicted octanol–water partition coefficient (Wildman–Crippen LogP) is 4.10. The summed E-state index contributed by atoms with van der Waals surface area (Å²) in [5.41, 5.74) is 1.94. The fourth-order valence-electron chi connectivity index (χ4n) is 2.17. The second-order valence-corrected chi connectivity index (χ2v) is 6.22. The first-order valence-electron chi connectivity index (χ1n) is 6.94. The van der Waals surface area contributed by atoms with Crippen LogP contribution in [0.25, 0.3) is 21.0 Å². The normalized spacial score (nSPS) is 11.5. The van der Waals surface area contributed by atoms with Gasteiger partial charge < -0.3 is 0 Å². The molecule has 0 atom stereocenters. The third-order valence-corrected chi connectivity index (χ3v) is 4.55. The number of rotatable bonds is 3. The lowest BCUT2D eigenvalue weighted by Crippen LogP contribution is -1.94. The Morgan fingerprint density at radius 2 is 1.87 bits per heavy atom. The number of para-hydroxylation sites is 1. The maximum absolute atomic E-state index is 5.28. The monoisotopic (exact) mass is 337 g/mol. The Balaban J connectivity index is 1.78. The molecule has 0 radical (unpaired) electrons. The highest BCUT2D eigenvalue weighted by Gasteiger charge is 2.13. The number of hydrogen-bond acceptors (Lipinski definition) is 5. The summed E-state index contributed by atoms with van der Waals surface area (Å²) in [6, 6.07) is 17.8. The molecular formula is C16H11N5S2. The van der Waals surface area contributed by atoms with E-state index in [9.17, 15) is 0 Å². The molecular weight excluding hydrogens is 326 g/mol. The van der Waals surface area contributed by atoms with Crippen molar-refractivity contribution in [2.45, 2.75) is 0 Å². The van der Waals surface area contributed by atoms with Crippen LogP contribution in [-0.2, 0) is 0 Å². The van der Waals surface area contributed by atoms with E-state index in [-0.39, 0.29) is 0 Å². The maximum Gasteiger partial charge on any atom is 0.216 e. The summed E-state index contributed by atoms with van der Waals surface area (Å²) in [4.78, 5) is 4.61. The molecule has 7 heteroatoms. The topological polar surface area (TPSA) is 58.9 Å². The van der Waals surface area contributed by atoms with Crippen molar-refractivity contribution in [3.8, 4) is 10.8 Å². The van der Waals surface area contributed by atoms with E-state index in [0.717, 1.165) is 20.8 Å². The van der Waals surface area contributed by atoms with Gasteiger partial charge in [-0.15, -0.1) is 16.4 Å². The van der Waals surface area contributed by atoms with E-state index in [1.165, 1.54) is 0 Å². The van der Waals surface area contributed by atoms with Crippen molar-refractivity contribution in [3.63, 3.8) is 0 Å². The number of benzene rings is 2. The number of nitrogens with one attached hydrogen (secondary N) is 1. The number of fused-ring (bicyclic) bond motifs is 1. The third-order valence-electron chi connectivity index (χ3n) is 3.26. The molecule has 0 aliphatic rings. The summed E-state index contributed by atoms with van der Waals surface area (Å²) in [5, 5.41) is 12.3. The minimum absolute atomic E-state index is 0.437. The van der Waals surface area contributed by atoms with Crippen molar-refractivity contribution < 1.29 is 0 Å². The largest absolute Gasteiger partial charge is 0.250 e. The molecule has 23 heavy (non-hydrogen) atoms. The SMILES string of the molecule is S=c1[nH]nc(-c2nc3ccccc3s2)n1/N=C/c1ccccc1. The number of H-pyrrole nitrogens is 1. The molecule has 112 valence electrons. The summed E-state index contributed by atoms with van der Waals surface area (Å²) >= 11 is 6.84. The minimum Gasteiger partial charge on any atom is -0.250 e. The van der Waals surface area contributed by atoms with Crippen LogP contribution in [0, 0.1) is 4.77 Å². The van der Waals surface area contributed by atoms with Gasteiger partial charge in [-0.2, -0.15) is 9.78 Å². The van der Waals surface area contributed by atoms with E-state index < -0.39 is 0 Å². The highest BCUT2D eigenvalue weighted by atomic mass is 32.1. The van der Waals surface area contributed by atoms with Gasteiger partial charge in [0.15, 0.2) is 5.01 Å². The molecule has 0 unspecified atom stereocenters. The second kappa shape index (κ2) is 5.86. The van der Waals surface area contributed by atoms with Crippen molar-refractivity contribution in [1.82, 2.24) is 19.9 Å². The fourth-order valence-corrected chi connectivity index (χ4v) is 3.29. The lowest BCUT2D eigenvalue weighted by Gasteiger charge is -1.96. The van der Waals surface area contributed by atoms with Crippen molar-refractivity contribution in [2.24, 2.45) is 5.10 Å². The summed E-state index contributed by atoms with van der Waals surface area (Å²) in [6.45, 7) is 0. The Bertz CT molecular complexity index is 1010. The van der Waals surface area contributed by atoms with Gasteiger partial charge in [-0.3, -0.25) is 0 Å². The molecule has 0 aliphatic carbocycles. The van der Waals surface area contributed by atoms with Gasteiger partial charge in [-0.1, -0.05) is 42.5 Å². The zero-order valence-electron chi connectivity index (χ0n) is 11.9. The van der Waals surface area contributed by atoms with Crippen LogP contribution < -0.4 is 0 Å². The molecule has 2 aromatic heterocycles. The van der Waals surface area contributed by atoms with Gasteiger partial charge in [0, 0.05) is 0 Å². The van der Waals surface area contributed by atoms with Crippen molar-refractivity contribution in [3.05, 3.63) is 64.9 Å². The minimum atomic E-state index is 0.437. The highest BCUT2D eigenvalue weighted by Crippen LogP contribution is 2.28. The molecule has 2 heterocycles. The van der Waals surface area contributed by atoms with Crippen LogP contribution in [0.1, 0.15) is 5.56 Å². The first kappa shape index (κ1) is 14.0. The molecule has 1 N–H and O–H groups in total. The maximum atomic E-state index is 5.28. The Labute approximate surface area is 141 Å². The van der Waals surface area contributed by atoms with E-state index in [2.05, 4.69) is 20.3 Å². The number of hydrogen-bond donors (Lipinski definition) is 1. The van der Waals surface area contributed by atoms with Crippen molar-refractivity contribution in [1.29, 1.82) is 0 Å². The van der Waals surface area contributed by atoms with Gasteiger partial charge in [0.1, 0.15) is 0 Å². The molecule has 0 spiro atoms. The highest BCUT2D eigenvalue weighted by molar-refractivity contribution is 7.71. The van der Waals surface area contributed by atoms with Crippen LogP contribution in [0.15, 0.2) is 59.7 Å². The van der Waals surface area contributed by atoms with Crippen LogP contribution in [0.2, 0.25) is 0 Å². The zero-order valence-corrected chi connectivity index (χ0v) is 13.5. The van der Waals surface area contributed by atoms with Gasteiger partial charge in [0.2, 0.25) is 10.6 Å². The van der Waals surface area contributed by atoms with E-state index in [1.54, 1.807) is 22.2 Å². The zero-order chi connectivity index (χ0) is 15.6. The number of aromatic nitrogens is 4. The van der Waals surface area contributed by atoms with Gasteiger partial charge in [0.05, 0.1) is 16.4 Å². The molecule has 4 aromatic rings. The number of aromatic amines is 1. The molecule has 2 aromatic carbocycles. The lowest BCUT2D eigenvalue weighted by atomic mass is 10.2. The molecule has 0 saturated heterocycles. The van der Waals surface area contributed by atoms with E-state index in [0.29, 0.717) is 10.6 Å². The van der Waals surface area contributed by atoms with Crippen LogP contribution in [0.3, 0.4) is 0 Å². The summed E-state index contributed by atoms with van der Waals surface area (Å²) < 4.78 is 3.14. The van der Waals surface area contributed by atoms with Crippen LogP contribution >= 0.6 is 23.6 Å². The van der Waals surface area contributed by atoms with Crippen LogP contribution in [-0.4, -0.2) is 26.1 Å². The quantitative estimate of drug-likeness (QED) is 0.452. The van der Waals surface area contributed by atoms with Gasteiger partial charge in [-0.25, -0.2) is 10.1 Å². The second-order valence-electron chi connectivity index (χ2n) is 4.81. The number of thiazole rings is 1. The standard InChI is InChI=1S/C16H11N5S2/c22-16-20-19-14(15-18-12-8-4-5-9-13(12)23-15)21(16)17-10-11-6-2-1-3-7-11/h1-10H,(H,20,22)/b17-10+. The Morgan fingerprint density at radius 1 is 1.09 bits per heavy atom. The summed E-state index contributed by atoms with van der Waals surface area (Å²) in [5.74, 6) is 0.614. The van der Waals surface area contributed by atoms with E-state index in [1.807, 2.05) is 54.6 Å². The predicted molar refractivity (Wildman–Crippen MR) is 95.5 cm³/mol. The fraction of sp³-hybridized carbons (Fsp3) is 0. The van der Waals surface area contributed by atoms with E-state index >= 15 is 0 Å². The molecule has 0 aliphatic heterocycles. The van der Waals surface area contributed by atoms with Gasteiger partial charge in [-0.05, 0) is 29.9 Å². The molecule has 0 amide bonds. The van der Waals surface area contributed by atoms with Gasteiger partial charge in [0.25, 0.3) is 0 Å². The van der Waals surface area contributed by atoms with Crippen LogP contribution in [0.4, 0.5) is 0 Å². The van der Waals surface area contributed by atoms with Crippen LogP contribution in [0.5, 0.6) is 0 Å². The smallest absolute Gasteiger partial charge is 0.216 e. The van der Waals surface area contributed by atoms with Gasteiger partial charge >= 0.3 is 0 Å². The van der Waals surface area contributed by atoms with E-state index in [4.69, 9.17) is 12.2 Å². The third kappa shape index (κ3) is 2.71. The van der Waals surface area contributed by atoms with Crippen molar-refractivity contribution >= 4 is 40.0 Å². The Hall–Kier alpha value is -2.64. The molecule has 0 fully saturated rings. The molecule has 0 saturated carbocycles. The first-order valence-corrected chi connectivity index (χ1v) is 8.16. The Kier molecular flexibility index (Phi) is 3.57. The molecule has 5 nitrogen and oxygen atoms in total. The number of nitrogens with zero attached hydrogens (tertiary/aromatic N) is 4. The lowest BCUT2D eigenvalue weighted by molar-refractivity contribution is 0.871. The van der Waals surface area contributed by atoms with Crippen molar-refractivity contribution in [2.75, 3.05) is 0 Å². The average Bonchev–Trinajstić information content (AvgIpc) is 3.17. The summed E-state index contributed by atoms with van der Waals surface area (Å²) in [7, 11) is 0. The molecule has 0 bridgehead atoms. The average molecular weight is 337 g/mol. The summed E-state index contributed by atoms with van der Waals surface area (Å²) in [6.07, 6.45) is 1.75. The Morgan fingerprint density at radius 3 is 2.70 bits per heavy atom. The molecule has 4 rings (SSSR count).